The minimum absolute atomic E-state index is 0.125. The molecule has 3 rings (SSSR count). The van der Waals surface area contributed by atoms with E-state index in [2.05, 4.69) is 15.5 Å². The fraction of sp³-hybridized carbons (Fsp3) is 0.385. The van der Waals surface area contributed by atoms with Crippen molar-refractivity contribution in [1.29, 1.82) is 10.5 Å². The van der Waals surface area contributed by atoms with Crippen LogP contribution >= 0.6 is 0 Å². The van der Waals surface area contributed by atoms with Crippen molar-refractivity contribution >= 4 is 25.2 Å². The van der Waals surface area contributed by atoms with Crippen molar-refractivity contribution in [3.63, 3.8) is 0 Å². The Morgan fingerprint density at radius 2 is 1.62 bits per heavy atom. The van der Waals surface area contributed by atoms with Crippen molar-refractivity contribution in [2.24, 2.45) is 11.3 Å². The highest BCUT2D eigenvalue weighted by atomic mass is 28.2. The van der Waals surface area contributed by atoms with Crippen LogP contribution in [0.15, 0.2) is 46.9 Å². The first-order chi connectivity index (χ1) is 18.5. The van der Waals surface area contributed by atoms with E-state index in [-0.39, 0.29) is 42.9 Å². The summed E-state index contributed by atoms with van der Waals surface area (Å²) >= 11 is 0. The Hall–Kier alpha value is -3.50. The molecule has 13 heteroatoms. The number of anilines is 1. The highest BCUT2D eigenvalue weighted by molar-refractivity contribution is 6.26. The van der Waals surface area contributed by atoms with Gasteiger partial charge in [0.25, 0.3) is 0 Å². The topological polar surface area (TPSA) is 117 Å². The quantitative estimate of drug-likeness (QED) is 0.220. The van der Waals surface area contributed by atoms with Crippen LogP contribution in [-0.4, -0.2) is 36.0 Å². The molecule has 8 nitrogen and oxygen atoms in total. The van der Waals surface area contributed by atoms with E-state index in [1.54, 1.807) is 30.3 Å². The van der Waals surface area contributed by atoms with Crippen LogP contribution < -0.4 is 5.32 Å². The molecule has 0 unspecified atom stereocenters. The minimum atomic E-state index is -4.72. The summed E-state index contributed by atoms with van der Waals surface area (Å²) in [4.78, 5) is 0. The third kappa shape index (κ3) is 6.93. The van der Waals surface area contributed by atoms with E-state index < -0.39 is 35.1 Å². The van der Waals surface area contributed by atoms with Crippen LogP contribution in [0, 0.1) is 34.0 Å². The second-order valence-corrected chi connectivity index (χ2v) is 10.5. The summed E-state index contributed by atoms with van der Waals surface area (Å²) in [7, 11) is 0.302. The second kappa shape index (κ2) is 12.6. The van der Waals surface area contributed by atoms with Gasteiger partial charge >= 0.3 is 6.18 Å². The molecule has 0 aliphatic rings. The van der Waals surface area contributed by atoms with E-state index in [4.69, 9.17) is 18.5 Å². The molecular formula is C26H26F3N5O3Si2. The molecule has 0 aliphatic carbocycles. The zero-order valence-corrected chi connectivity index (χ0v) is 23.9. The number of alkyl halides is 3. The fourth-order valence-electron chi connectivity index (χ4n) is 3.90. The number of hydrogen-bond donors (Lipinski definition) is 1. The van der Waals surface area contributed by atoms with Crippen LogP contribution in [0.1, 0.15) is 49.4 Å². The number of aromatic nitrogens is 2. The monoisotopic (exact) mass is 569 g/mol. The van der Waals surface area contributed by atoms with Crippen LogP contribution in [0.3, 0.4) is 0 Å². The number of hydrogen-bond acceptors (Lipinski definition) is 8. The largest absolute Gasteiger partial charge is 0.418 e. The van der Waals surface area contributed by atoms with Crippen molar-refractivity contribution in [3.05, 3.63) is 65.0 Å². The predicted molar refractivity (Wildman–Crippen MR) is 139 cm³/mol. The van der Waals surface area contributed by atoms with E-state index in [0.29, 0.717) is 11.1 Å². The van der Waals surface area contributed by atoms with Crippen LogP contribution in [0.25, 0.3) is 11.5 Å². The van der Waals surface area contributed by atoms with Crippen molar-refractivity contribution < 1.29 is 26.4 Å². The van der Waals surface area contributed by atoms with Gasteiger partial charge in [-0.15, -0.1) is 10.2 Å². The smallest absolute Gasteiger partial charge is 0.417 e. The normalized spacial score (nSPS) is 13.5. The van der Waals surface area contributed by atoms with Crippen molar-refractivity contribution in [2.75, 3.05) is 5.32 Å². The Morgan fingerprint density at radius 1 is 0.974 bits per heavy atom. The van der Waals surface area contributed by atoms with Crippen LogP contribution in [0.5, 0.6) is 0 Å². The predicted octanol–water partition coefficient (Wildman–Crippen LogP) is 6.01. The van der Waals surface area contributed by atoms with Crippen LogP contribution in [0.2, 0.25) is 13.1 Å². The molecule has 1 aromatic heterocycles. The van der Waals surface area contributed by atoms with Crippen molar-refractivity contribution in [2.45, 2.75) is 52.4 Å². The van der Waals surface area contributed by atoms with E-state index in [1.165, 1.54) is 6.07 Å². The Morgan fingerprint density at radius 3 is 2.15 bits per heavy atom. The molecule has 4 radical (unpaired) electrons. The lowest BCUT2D eigenvalue weighted by Gasteiger charge is -2.41. The molecule has 0 fully saturated rings. The molecule has 1 heterocycles. The Balaban J connectivity index is 2.07. The molecule has 1 N–H and O–H groups in total. The molecule has 0 saturated carbocycles. The molecule has 202 valence electrons. The van der Waals surface area contributed by atoms with Gasteiger partial charge < -0.3 is 18.6 Å². The maximum absolute atomic E-state index is 13.7. The summed E-state index contributed by atoms with van der Waals surface area (Å²) in [5, 5.41) is 29.8. The molecule has 39 heavy (non-hydrogen) atoms. The van der Waals surface area contributed by atoms with E-state index >= 15 is 0 Å². The summed E-state index contributed by atoms with van der Waals surface area (Å²) in [5.74, 6) is -0.0322. The van der Waals surface area contributed by atoms with E-state index in [1.807, 2.05) is 39.9 Å². The molecule has 2 atom stereocenters. The lowest BCUT2D eigenvalue weighted by molar-refractivity contribution is -0.137. The summed E-state index contributed by atoms with van der Waals surface area (Å²) in [6.07, 6.45) is -5.32. The van der Waals surface area contributed by atoms with Crippen molar-refractivity contribution in [3.8, 4) is 23.6 Å². The first kappa shape index (κ1) is 30.1. The van der Waals surface area contributed by atoms with Gasteiger partial charge in [-0.1, -0.05) is 20.8 Å². The van der Waals surface area contributed by atoms with Gasteiger partial charge in [0, 0.05) is 16.7 Å². The van der Waals surface area contributed by atoms with Gasteiger partial charge in [-0.2, -0.15) is 23.7 Å². The molecule has 0 amide bonds. The van der Waals surface area contributed by atoms with Gasteiger partial charge in [0.1, 0.15) is 12.3 Å². The standard InChI is InChI=1S/C26H26F3N5O3Si2/c1-15(25(2,3)24(36-38-4)37-39-5)21(32-19-11-10-18(14-31)20(12-19)26(27,28)29)23-34-33-22(35-23)17-8-6-16(13-30)7-9-17/h6-12,15,21,24,32H,1-5H3/t15-,21-/m1/s1. The van der Waals surface area contributed by atoms with Gasteiger partial charge in [-0.05, 0) is 61.5 Å². The average molecular weight is 570 g/mol. The lowest BCUT2D eigenvalue weighted by Crippen LogP contribution is -2.44. The lowest BCUT2D eigenvalue weighted by atomic mass is 9.75. The third-order valence-electron chi connectivity index (χ3n) is 6.47. The second-order valence-electron chi connectivity index (χ2n) is 9.21. The molecule has 3 aromatic rings. The summed E-state index contributed by atoms with van der Waals surface area (Å²) in [6, 6.07) is 12.9. The van der Waals surface area contributed by atoms with Gasteiger partial charge in [0.2, 0.25) is 31.3 Å². The number of nitrogens with one attached hydrogen (secondary N) is 1. The minimum Gasteiger partial charge on any atom is -0.418 e. The molecule has 0 aliphatic heterocycles. The number of nitrogens with zero attached hydrogens (tertiary/aromatic N) is 4. The first-order valence-corrected chi connectivity index (χ1v) is 14.6. The van der Waals surface area contributed by atoms with Crippen LogP contribution in [0.4, 0.5) is 18.9 Å². The molecule has 0 saturated heterocycles. The van der Waals surface area contributed by atoms with Crippen LogP contribution in [-0.2, 0) is 15.0 Å². The van der Waals surface area contributed by atoms with E-state index in [9.17, 15) is 18.4 Å². The zero-order chi connectivity index (χ0) is 28.8. The maximum Gasteiger partial charge on any atom is 0.417 e. The van der Waals surface area contributed by atoms with Gasteiger partial charge in [0.05, 0.1) is 28.8 Å². The highest BCUT2D eigenvalue weighted by Gasteiger charge is 2.43. The van der Waals surface area contributed by atoms with Gasteiger partial charge in [-0.3, -0.25) is 0 Å². The van der Waals surface area contributed by atoms with Gasteiger partial charge in [-0.25, -0.2) is 0 Å². The number of nitriles is 2. The molecular weight excluding hydrogens is 543 g/mol. The first-order valence-electron chi connectivity index (χ1n) is 11.8. The summed E-state index contributed by atoms with van der Waals surface area (Å²) in [6.45, 7) is 9.53. The number of rotatable bonds is 11. The third-order valence-corrected chi connectivity index (χ3v) is 7.37. The zero-order valence-electron chi connectivity index (χ0n) is 21.9. The molecule has 0 spiro atoms. The Labute approximate surface area is 230 Å². The van der Waals surface area contributed by atoms with Crippen molar-refractivity contribution in [1.82, 2.24) is 10.2 Å². The summed E-state index contributed by atoms with van der Waals surface area (Å²) < 4.78 is 58.8. The van der Waals surface area contributed by atoms with Gasteiger partial charge in [0.15, 0.2) is 0 Å². The molecule has 2 aromatic carbocycles. The highest BCUT2D eigenvalue weighted by Crippen LogP contribution is 2.43. The maximum atomic E-state index is 13.7. The number of halogens is 3. The molecule has 0 bridgehead atoms. The van der Waals surface area contributed by atoms with E-state index in [0.717, 1.165) is 12.1 Å². The SMILES string of the molecule is C[Si]OC(O[Si]C)C(C)(C)[C@H](C)[C@@H](Nc1ccc(C#N)c(C(F)(F)F)c1)c1nnc(-c2ccc(C#N)cc2)o1. The fourth-order valence-corrected chi connectivity index (χ4v) is 5.12. The Kier molecular flexibility index (Phi) is 9.69. The average Bonchev–Trinajstić information content (AvgIpc) is 3.40. The summed E-state index contributed by atoms with van der Waals surface area (Å²) in [5.41, 5.74) is -1.01. The Bertz CT molecular complexity index is 1340. The number of benzene rings is 2.